The molecule has 0 spiro atoms. The highest BCUT2D eigenvalue weighted by Crippen LogP contribution is 2.23. The number of benzene rings is 1. The fourth-order valence-electron chi connectivity index (χ4n) is 3.26. The van der Waals surface area contributed by atoms with E-state index in [2.05, 4.69) is 34.0 Å². The van der Waals surface area contributed by atoms with Crippen LogP contribution in [0.3, 0.4) is 0 Å². The van der Waals surface area contributed by atoms with Crippen LogP contribution in [0.25, 0.3) is 0 Å². The monoisotopic (exact) mass is 338 g/mol. The third-order valence-electron chi connectivity index (χ3n) is 4.97. The van der Waals surface area contributed by atoms with E-state index in [9.17, 15) is 4.79 Å². The van der Waals surface area contributed by atoms with Crippen LogP contribution in [-0.2, 0) is 6.42 Å². The highest BCUT2D eigenvalue weighted by Gasteiger charge is 2.19. The average molecular weight is 338 g/mol. The molecule has 0 saturated carbocycles. The Labute approximate surface area is 149 Å². The van der Waals surface area contributed by atoms with Gasteiger partial charge in [0.2, 0.25) is 0 Å². The first-order chi connectivity index (χ1) is 12.1. The van der Waals surface area contributed by atoms with E-state index in [1.54, 1.807) is 6.07 Å². The zero-order valence-corrected chi connectivity index (χ0v) is 15.2. The number of carbonyl (C=O) groups is 1. The van der Waals surface area contributed by atoms with E-state index in [1.807, 2.05) is 25.1 Å². The molecule has 0 bridgehead atoms. The molecule has 1 aliphatic heterocycles. The summed E-state index contributed by atoms with van der Waals surface area (Å²) in [5, 5.41) is 3.04. The highest BCUT2D eigenvalue weighted by atomic mass is 16.1. The maximum Gasteiger partial charge on any atom is 0.274 e. The molecule has 0 atom stereocenters. The van der Waals surface area contributed by atoms with E-state index in [-0.39, 0.29) is 5.91 Å². The summed E-state index contributed by atoms with van der Waals surface area (Å²) in [5.74, 6) is 1.42. The first-order valence-corrected chi connectivity index (χ1v) is 9.05. The van der Waals surface area contributed by atoms with E-state index in [0.717, 1.165) is 60.9 Å². The van der Waals surface area contributed by atoms with Gasteiger partial charge in [-0.15, -0.1) is 0 Å². The summed E-state index contributed by atoms with van der Waals surface area (Å²) in [6, 6.07) is 7.87. The Morgan fingerprint density at radius 3 is 2.76 bits per heavy atom. The van der Waals surface area contributed by atoms with Gasteiger partial charge in [0.05, 0.1) is 0 Å². The number of para-hydroxylation sites is 1. The standard InChI is InChI=1S/C20H26N4O/c1-4-16-7-5-6-15(3)19(16)23-20(25)17-12-18(22-13-21-17)24-10-8-14(2)9-11-24/h5-7,12-14H,4,8-11H2,1-3H3,(H,23,25). The predicted octanol–water partition coefficient (Wildman–Crippen LogP) is 3.84. The molecule has 3 rings (SSSR count). The van der Waals surface area contributed by atoms with Gasteiger partial charge in [-0.1, -0.05) is 32.0 Å². The molecule has 2 aromatic rings. The van der Waals surface area contributed by atoms with Crippen molar-refractivity contribution < 1.29 is 4.79 Å². The summed E-state index contributed by atoms with van der Waals surface area (Å²) >= 11 is 0. The first kappa shape index (κ1) is 17.4. The fraction of sp³-hybridized carbons (Fsp3) is 0.450. The van der Waals surface area contributed by atoms with Crippen LogP contribution in [0.5, 0.6) is 0 Å². The molecule has 1 N–H and O–H groups in total. The van der Waals surface area contributed by atoms with Crippen LogP contribution in [0.2, 0.25) is 0 Å². The van der Waals surface area contributed by atoms with Crippen LogP contribution in [-0.4, -0.2) is 29.0 Å². The average Bonchev–Trinajstić information content (AvgIpc) is 2.64. The van der Waals surface area contributed by atoms with Gasteiger partial charge < -0.3 is 10.2 Å². The van der Waals surface area contributed by atoms with Gasteiger partial charge in [0.25, 0.3) is 5.91 Å². The highest BCUT2D eigenvalue weighted by molar-refractivity contribution is 6.04. The van der Waals surface area contributed by atoms with Crippen molar-refractivity contribution in [3.8, 4) is 0 Å². The van der Waals surface area contributed by atoms with Crippen LogP contribution < -0.4 is 10.2 Å². The van der Waals surface area contributed by atoms with Gasteiger partial charge in [0, 0.05) is 24.8 Å². The Kier molecular flexibility index (Phi) is 5.31. The van der Waals surface area contributed by atoms with Crippen molar-refractivity contribution >= 4 is 17.4 Å². The second-order valence-corrected chi connectivity index (χ2v) is 6.85. The van der Waals surface area contributed by atoms with Crippen molar-refractivity contribution in [2.24, 2.45) is 5.92 Å². The van der Waals surface area contributed by atoms with Gasteiger partial charge in [-0.25, -0.2) is 9.97 Å². The Bertz CT molecular complexity index is 751. The number of piperidine rings is 1. The number of carbonyl (C=O) groups excluding carboxylic acids is 1. The zero-order chi connectivity index (χ0) is 17.8. The molecule has 1 saturated heterocycles. The lowest BCUT2D eigenvalue weighted by Gasteiger charge is -2.31. The van der Waals surface area contributed by atoms with Gasteiger partial charge in [0.1, 0.15) is 17.8 Å². The number of hydrogen-bond donors (Lipinski definition) is 1. The second kappa shape index (κ2) is 7.64. The molecule has 132 valence electrons. The van der Waals surface area contributed by atoms with Gasteiger partial charge in [-0.3, -0.25) is 4.79 Å². The van der Waals surface area contributed by atoms with Crippen LogP contribution in [0.4, 0.5) is 11.5 Å². The molecule has 2 heterocycles. The quantitative estimate of drug-likeness (QED) is 0.920. The number of rotatable bonds is 4. The Morgan fingerprint density at radius 1 is 1.28 bits per heavy atom. The van der Waals surface area contributed by atoms with Crippen molar-refractivity contribution in [1.82, 2.24) is 9.97 Å². The molecule has 5 nitrogen and oxygen atoms in total. The topological polar surface area (TPSA) is 58.1 Å². The van der Waals surface area contributed by atoms with Crippen molar-refractivity contribution in [2.75, 3.05) is 23.3 Å². The Morgan fingerprint density at radius 2 is 2.04 bits per heavy atom. The molecule has 1 aliphatic rings. The number of aromatic nitrogens is 2. The number of aryl methyl sites for hydroxylation is 2. The number of amides is 1. The lowest BCUT2D eigenvalue weighted by molar-refractivity contribution is 0.102. The molecule has 5 heteroatoms. The normalized spacial score (nSPS) is 15.2. The Hall–Kier alpha value is -2.43. The van der Waals surface area contributed by atoms with Crippen molar-refractivity contribution in [3.05, 3.63) is 47.4 Å². The van der Waals surface area contributed by atoms with Gasteiger partial charge >= 0.3 is 0 Å². The molecule has 25 heavy (non-hydrogen) atoms. The molecule has 1 amide bonds. The summed E-state index contributed by atoms with van der Waals surface area (Å²) in [7, 11) is 0. The maximum atomic E-state index is 12.7. The minimum atomic E-state index is -0.182. The molecule has 0 aliphatic carbocycles. The van der Waals surface area contributed by atoms with E-state index in [1.165, 1.54) is 6.33 Å². The molecule has 1 aromatic carbocycles. The van der Waals surface area contributed by atoms with Crippen LogP contribution in [0, 0.1) is 12.8 Å². The molecular formula is C20H26N4O. The third-order valence-corrected chi connectivity index (χ3v) is 4.97. The zero-order valence-electron chi connectivity index (χ0n) is 15.2. The van der Waals surface area contributed by atoms with Crippen molar-refractivity contribution in [1.29, 1.82) is 0 Å². The van der Waals surface area contributed by atoms with Gasteiger partial charge in [0.15, 0.2) is 0 Å². The summed E-state index contributed by atoms with van der Waals surface area (Å²) in [6.07, 6.45) is 4.68. The molecule has 1 aromatic heterocycles. The van der Waals surface area contributed by atoms with E-state index < -0.39 is 0 Å². The first-order valence-electron chi connectivity index (χ1n) is 9.05. The fourth-order valence-corrected chi connectivity index (χ4v) is 3.26. The van der Waals surface area contributed by atoms with Gasteiger partial charge in [-0.05, 0) is 43.2 Å². The third kappa shape index (κ3) is 3.98. The predicted molar refractivity (Wildman–Crippen MR) is 101 cm³/mol. The number of hydrogen-bond acceptors (Lipinski definition) is 4. The molecule has 1 fully saturated rings. The number of nitrogens with one attached hydrogen (secondary N) is 1. The molecule has 0 radical (unpaired) electrons. The summed E-state index contributed by atoms with van der Waals surface area (Å²) < 4.78 is 0. The van der Waals surface area contributed by atoms with Gasteiger partial charge in [-0.2, -0.15) is 0 Å². The molecule has 0 unspecified atom stereocenters. The summed E-state index contributed by atoms with van der Waals surface area (Å²) in [5.41, 5.74) is 3.50. The molecular weight excluding hydrogens is 312 g/mol. The van der Waals surface area contributed by atoms with E-state index >= 15 is 0 Å². The smallest absolute Gasteiger partial charge is 0.274 e. The van der Waals surface area contributed by atoms with Crippen molar-refractivity contribution in [2.45, 2.75) is 40.0 Å². The lowest BCUT2D eigenvalue weighted by Crippen LogP contribution is -2.33. The summed E-state index contributed by atoms with van der Waals surface area (Å²) in [6.45, 7) is 8.34. The Balaban J connectivity index is 1.78. The number of anilines is 2. The SMILES string of the molecule is CCc1cccc(C)c1NC(=O)c1cc(N2CCC(C)CC2)ncn1. The minimum absolute atomic E-state index is 0.182. The van der Waals surface area contributed by atoms with E-state index in [4.69, 9.17) is 0 Å². The van der Waals surface area contributed by atoms with Crippen molar-refractivity contribution in [3.63, 3.8) is 0 Å². The van der Waals surface area contributed by atoms with Crippen LogP contribution in [0.1, 0.15) is 48.3 Å². The second-order valence-electron chi connectivity index (χ2n) is 6.85. The van der Waals surface area contributed by atoms with E-state index in [0.29, 0.717) is 5.69 Å². The lowest BCUT2D eigenvalue weighted by atomic mass is 9.99. The number of nitrogens with zero attached hydrogens (tertiary/aromatic N) is 3. The van der Waals surface area contributed by atoms with Crippen LogP contribution >= 0.6 is 0 Å². The largest absolute Gasteiger partial charge is 0.356 e. The van der Waals surface area contributed by atoms with Crippen LogP contribution in [0.15, 0.2) is 30.6 Å². The summed E-state index contributed by atoms with van der Waals surface area (Å²) in [4.78, 5) is 23.5. The minimum Gasteiger partial charge on any atom is -0.356 e. The maximum absolute atomic E-state index is 12.7.